The first-order valence-corrected chi connectivity index (χ1v) is 11.0. The number of aromatic hydroxyl groups is 1. The van der Waals surface area contributed by atoms with E-state index in [2.05, 4.69) is 28.1 Å². The Morgan fingerprint density at radius 3 is 2.53 bits per heavy atom. The molecule has 170 valence electrons. The minimum atomic E-state index is -0.0112. The average molecular weight is 453 g/mol. The first-order chi connectivity index (χ1) is 16.5. The van der Waals surface area contributed by atoms with Crippen LogP contribution in [0.4, 0.5) is 5.69 Å². The molecule has 0 unspecified atom stereocenters. The van der Waals surface area contributed by atoms with Crippen LogP contribution < -0.4 is 9.47 Å². The Bertz CT molecular complexity index is 1430. The zero-order valence-corrected chi connectivity index (χ0v) is 19.0. The molecule has 1 aliphatic heterocycles. The van der Waals surface area contributed by atoms with E-state index in [4.69, 9.17) is 14.5 Å². The summed E-state index contributed by atoms with van der Waals surface area (Å²) < 4.78 is 11.5. The third kappa shape index (κ3) is 4.19. The van der Waals surface area contributed by atoms with Gasteiger partial charge in [0.15, 0.2) is 17.4 Å². The number of nitrogens with zero attached hydrogens (tertiary/aromatic N) is 3. The molecular formula is C27H24N4O3. The number of rotatable bonds is 5. The van der Waals surface area contributed by atoms with E-state index in [0.29, 0.717) is 47.1 Å². The van der Waals surface area contributed by atoms with Gasteiger partial charge in [0.25, 0.3) is 0 Å². The smallest absolute Gasteiger partial charge is 0.199 e. The number of ether oxygens (including phenoxy) is 2. The van der Waals surface area contributed by atoms with Crippen molar-refractivity contribution >= 4 is 22.3 Å². The number of H-pyrrole nitrogens is 1. The first kappa shape index (κ1) is 21.6. The van der Waals surface area contributed by atoms with Gasteiger partial charge in [-0.15, -0.1) is 0 Å². The number of aliphatic imine (C=N–C) groups is 1. The highest BCUT2D eigenvalue weighted by Gasteiger charge is 2.21. The predicted molar refractivity (Wildman–Crippen MR) is 131 cm³/mol. The molecule has 0 spiro atoms. The van der Waals surface area contributed by atoms with Gasteiger partial charge in [0.2, 0.25) is 0 Å². The lowest BCUT2D eigenvalue weighted by atomic mass is 9.99. The van der Waals surface area contributed by atoms with Gasteiger partial charge >= 0.3 is 0 Å². The monoisotopic (exact) mass is 452 g/mol. The van der Waals surface area contributed by atoms with Crippen LogP contribution in [-0.2, 0) is 6.54 Å². The minimum Gasteiger partial charge on any atom is -0.494 e. The molecule has 1 aromatic heterocycles. The molecule has 0 bridgehead atoms. The van der Waals surface area contributed by atoms with E-state index < -0.39 is 0 Å². The summed E-state index contributed by atoms with van der Waals surface area (Å²) in [5.74, 6) is 1.32. The molecule has 0 saturated heterocycles. The summed E-state index contributed by atoms with van der Waals surface area (Å²) in [5.41, 5.74) is 5.05. The largest absolute Gasteiger partial charge is 0.494 e. The molecule has 4 aromatic rings. The summed E-state index contributed by atoms with van der Waals surface area (Å²) in [6.45, 7) is 1.83. The molecule has 0 atom stereocenters. The molecular weight excluding hydrogens is 428 g/mol. The molecule has 2 N–H and O–H groups in total. The molecule has 0 radical (unpaired) electrons. The van der Waals surface area contributed by atoms with Gasteiger partial charge in [-0.25, -0.2) is 4.99 Å². The lowest BCUT2D eigenvalue weighted by Gasteiger charge is -2.19. The third-order valence-electron chi connectivity index (χ3n) is 5.64. The Kier molecular flexibility index (Phi) is 5.66. The quantitative estimate of drug-likeness (QED) is 0.426. The summed E-state index contributed by atoms with van der Waals surface area (Å²) >= 11 is 0. The molecule has 7 heteroatoms. The second kappa shape index (κ2) is 8.93. The topological polar surface area (TPSA) is 93.9 Å². The molecule has 0 aliphatic carbocycles. The van der Waals surface area contributed by atoms with E-state index in [-0.39, 0.29) is 5.88 Å². The van der Waals surface area contributed by atoms with E-state index >= 15 is 0 Å². The van der Waals surface area contributed by atoms with Gasteiger partial charge in [-0.05, 0) is 62.1 Å². The Morgan fingerprint density at radius 1 is 1.03 bits per heavy atom. The zero-order valence-electron chi connectivity index (χ0n) is 19.0. The lowest BCUT2D eigenvalue weighted by Crippen LogP contribution is -2.16. The van der Waals surface area contributed by atoms with Crippen molar-refractivity contribution in [3.05, 3.63) is 82.9 Å². The molecule has 2 heterocycles. The minimum absolute atomic E-state index is 0.0112. The van der Waals surface area contributed by atoms with E-state index in [0.717, 1.165) is 23.2 Å². The zero-order chi connectivity index (χ0) is 23.7. The fourth-order valence-electron chi connectivity index (χ4n) is 4.12. The Balaban J connectivity index is 1.67. The number of fused-ring (bicyclic) bond motifs is 2. The number of nitriles is 1. The van der Waals surface area contributed by atoms with Crippen molar-refractivity contribution in [2.75, 3.05) is 27.3 Å². The van der Waals surface area contributed by atoms with Gasteiger partial charge in [0.1, 0.15) is 13.2 Å². The maximum absolute atomic E-state index is 10.9. The van der Waals surface area contributed by atoms with Gasteiger partial charge in [-0.1, -0.05) is 18.2 Å². The van der Waals surface area contributed by atoms with Crippen molar-refractivity contribution in [3.8, 4) is 23.4 Å². The molecule has 7 nitrogen and oxygen atoms in total. The van der Waals surface area contributed by atoms with Crippen molar-refractivity contribution in [2.45, 2.75) is 6.54 Å². The molecule has 5 rings (SSSR count). The van der Waals surface area contributed by atoms with Gasteiger partial charge in [-0.2, -0.15) is 5.26 Å². The highest BCUT2D eigenvalue weighted by molar-refractivity contribution is 6.22. The van der Waals surface area contributed by atoms with Gasteiger partial charge in [0.05, 0.1) is 34.1 Å². The number of aromatic nitrogens is 1. The second-order valence-electron chi connectivity index (χ2n) is 8.44. The van der Waals surface area contributed by atoms with Crippen LogP contribution in [0.25, 0.3) is 10.9 Å². The first-order valence-electron chi connectivity index (χ1n) is 11.0. The normalized spacial score (nSPS) is 13.3. The highest BCUT2D eigenvalue weighted by Crippen LogP contribution is 2.36. The van der Waals surface area contributed by atoms with Gasteiger partial charge in [0, 0.05) is 17.5 Å². The molecule has 1 aliphatic rings. The molecule has 34 heavy (non-hydrogen) atoms. The molecule has 3 aromatic carbocycles. The molecule has 0 amide bonds. The summed E-state index contributed by atoms with van der Waals surface area (Å²) in [4.78, 5) is 10.1. The van der Waals surface area contributed by atoms with Crippen LogP contribution in [0.15, 0.2) is 65.7 Å². The van der Waals surface area contributed by atoms with Crippen LogP contribution in [0.1, 0.15) is 22.3 Å². The fourth-order valence-corrected chi connectivity index (χ4v) is 4.12. The van der Waals surface area contributed by atoms with Crippen molar-refractivity contribution < 1.29 is 14.6 Å². The number of hydrogen-bond donors (Lipinski definition) is 2. The van der Waals surface area contributed by atoms with Crippen molar-refractivity contribution in [2.24, 2.45) is 4.99 Å². The molecule has 0 saturated carbocycles. The maximum Gasteiger partial charge on any atom is 0.199 e. The molecule has 0 fully saturated rings. The Morgan fingerprint density at radius 2 is 1.79 bits per heavy atom. The van der Waals surface area contributed by atoms with E-state index in [1.165, 1.54) is 5.56 Å². The average Bonchev–Trinajstić information content (AvgIpc) is 3.17. The van der Waals surface area contributed by atoms with E-state index in [1.54, 1.807) is 12.1 Å². The van der Waals surface area contributed by atoms with Crippen LogP contribution in [0.3, 0.4) is 0 Å². The maximum atomic E-state index is 10.9. The third-order valence-corrected chi connectivity index (χ3v) is 5.64. The van der Waals surface area contributed by atoms with Crippen molar-refractivity contribution in [1.82, 2.24) is 9.88 Å². The summed E-state index contributed by atoms with van der Waals surface area (Å²) in [5, 5.41) is 20.9. The van der Waals surface area contributed by atoms with Gasteiger partial charge in [-0.3, -0.25) is 0 Å². The second-order valence-corrected chi connectivity index (χ2v) is 8.44. The van der Waals surface area contributed by atoms with E-state index in [1.807, 2.05) is 50.5 Å². The van der Waals surface area contributed by atoms with Crippen LogP contribution in [-0.4, -0.2) is 48.0 Å². The van der Waals surface area contributed by atoms with E-state index in [9.17, 15) is 10.4 Å². The van der Waals surface area contributed by atoms with Crippen LogP contribution in [0, 0.1) is 11.3 Å². The predicted octanol–water partition coefficient (Wildman–Crippen LogP) is 4.75. The summed E-state index contributed by atoms with van der Waals surface area (Å²) in [6.07, 6.45) is 0. The number of benzene rings is 3. The SMILES string of the molecule is CN(C)Cc1ccc(N=C(c2ccc3c(c2)OCCO3)c2c(O)[nH]c3cc(C#N)ccc23)cc1. The van der Waals surface area contributed by atoms with Crippen molar-refractivity contribution in [3.63, 3.8) is 0 Å². The van der Waals surface area contributed by atoms with Crippen LogP contribution in [0.2, 0.25) is 0 Å². The van der Waals surface area contributed by atoms with Crippen LogP contribution in [0.5, 0.6) is 17.4 Å². The fraction of sp³-hybridized carbons (Fsp3) is 0.185. The van der Waals surface area contributed by atoms with Gasteiger partial charge < -0.3 is 24.5 Å². The highest BCUT2D eigenvalue weighted by atomic mass is 16.6. The number of aromatic amines is 1. The van der Waals surface area contributed by atoms with Crippen LogP contribution >= 0.6 is 0 Å². The summed E-state index contributed by atoms with van der Waals surface area (Å²) in [6, 6.07) is 21.1. The number of hydrogen-bond acceptors (Lipinski definition) is 6. The Hall–Kier alpha value is -4.28. The standard InChI is InChI=1S/C27H24N4O3/c1-31(2)16-17-3-7-20(8-4-17)29-26(19-6-10-23-24(14-19)34-12-11-33-23)25-21-9-5-18(15-28)13-22(21)30-27(25)32/h3-10,13-14,30,32H,11-12,16H2,1-2H3. The Labute approximate surface area is 197 Å². The number of nitrogens with one attached hydrogen (secondary N) is 1. The lowest BCUT2D eigenvalue weighted by molar-refractivity contribution is 0.171. The van der Waals surface area contributed by atoms with Crippen molar-refractivity contribution in [1.29, 1.82) is 5.26 Å². The summed E-state index contributed by atoms with van der Waals surface area (Å²) in [7, 11) is 4.06.